The standard InChI is InChI=1S/C28H20F3N3O/c29-28(30,31)20-13-11-19(12-14-20)22-5-1-2-6-23(22)27(35)32-21-15-9-18(10-16-21)17-26-33-24-7-3-4-8-25(24)34-26/h1-16H,17H2,(H,32,35)(H,33,34). The number of halogens is 3. The van der Waals surface area contributed by atoms with Crippen molar-refractivity contribution in [3.05, 3.63) is 120 Å². The van der Waals surface area contributed by atoms with Crippen LogP contribution in [-0.4, -0.2) is 15.9 Å². The molecule has 5 rings (SSSR count). The number of carbonyl (C=O) groups excluding carboxylic acids is 1. The quantitative estimate of drug-likeness (QED) is 0.287. The number of rotatable bonds is 5. The van der Waals surface area contributed by atoms with E-state index in [1.807, 2.05) is 48.5 Å². The first-order chi connectivity index (χ1) is 16.9. The molecule has 35 heavy (non-hydrogen) atoms. The molecule has 0 atom stereocenters. The van der Waals surface area contributed by atoms with Crippen LogP contribution in [0.25, 0.3) is 22.2 Å². The van der Waals surface area contributed by atoms with E-state index in [2.05, 4.69) is 15.3 Å². The third kappa shape index (κ3) is 4.94. The summed E-state index contributed by atoms with van der Waals surface area (Å²) in [5.74, 6) is 0.513. The minimum atomic E-state index is -4.41. The lowest BCUT2D eigenvalue weighted by Gasteiger charge is -2.12. The maximum atomic E-state index is 13.0. The monoisotopic (exact) mass is 471 g/mol. The Bertz CT molecular complexity index is 1450. The predicted molar refractivity (Wildman–Crippen MR) is 130 cm³/mol. The summed E-state index contributed by atoms with van der Waals surface area (Å²) < 4.78 is 38.7. The largest absolute Gasteiger partial charge is 0.416 e. The van der Waals surface area contributed by atoms with Crippen LogP contribution in [0.15, 0.2) is 97.1 Å². The highest BCUT2D eigenvalue weighted by molar-refractivity contribution is 6.08. The number of carbonyl (C=O) groups is 1. The molecule has 1 aromatic heterocycles. The fourth-order valence-electron chi connectivity index (χ4n) is 3.96. The van der Waals surface area contributed by atoms with E-state index in [-0.39, 0.29) is 5.91 Å². The molecule has 0 saturated heterocycles. The van der Waals surface area contributed by atoms with Crippen LogP contribution in [0.5, 0.6) is 0 Å². The number of hydrogen-bond donors (Lipinski definition) is 2. The Morgan fingerprint density at radius 2 is 1.51 bits per heavy atom. The zero-order valence-corrected chi connectivity index (χ0v) is 18.4. The van der Waals surface area contributed by atoms with Gasteiger partial charge < -0.3 is 10.3 Å². The summed E-state index contributed by atoms with van der Waals surface area (Å²) in [5, 5.41) is 2.87. The number of nitrogens with zero attached hydrogens (tertiary/aromatic N) is 1. The predicted octanol–water partition coefficient (Wildman–Crippen LogP) is 7.09. The van der Waals surface area contributed by atoms with Crippen LogP contribution < -0.4 is 5.32 Å². The first-order valence-electron chi connectivity index (χ1n) is 11.0. The molecule has 0 aliphatic carbocycles. The molecule has 0 spiro atoms. The fourth-order valence-corrected chi connectivity index (χ4v) is 3.96. The molecule has 5 aromatic rings. The minimum absolute atomic E-state index is 0.342. The summed E-state index contributed by atoms with van der Waals surface area (Å²) in [4.78, 5) is 20.9. The zero-order valence-electron chi connectivity index (χ0n) is 18.4. The van der Waals surface area contributed by atoms with Crippen LogP contribution in [0.1, 0.15) is 27.3 Å². The van der Waals surface area contributed by atoms with Crippen molar-refractivity contribution in [1.29, 1.82) is 0 Å². The van der Waals surface area contributed by atoms with Crippen LogP contribution in [0.4, 0.5) is 18.9 Å². The van der Waals surface area contributed by atoms with Crippen molar-refractivity contribution in [1.82, 2.24) is 9.97 Å². The van der Waals surface area contributed by atoms with Gasteiger partial charge in [-0.2, -0.15) is 13.2 Å². The van der Waals surface area contributed by atoms with Crippen molar-refractivity contribution in [3.63, 3.8) is 0 Å². The van der Waals surface area contributed by atoms with Gasteiger partial charge >= 0.3 is 6.18 Å². The Labute approximate surface area is 199 Å². The summed E-state index contributed by atoms with van der Waals surface area (Å²) >= 11 is 0. The van der Waals surface area contributed by atoms with Gasteiger partial charge in [-0.15, -0.1) is 0 Å². The van der Waals surface area contributed by atoms with Gasteiger partial charge in [0.2, 0.25) is 0 Å². The second kappa shape index (κ2) is 9.10. The lowest BCUT2D eigenvalue weighted by molar-refractivity contribution is -0.137. The van der Waals surface area contributed by atoms with Crippen LogP contribution in [0.2, 0.25) is 0 Å². The molecule has 4 nitrogen and oxygen atoms in total. The topological polar surface area (TPSA) is 57.8 Å². The lowest BCUT2D eigenvalue weighted by atomic mass is 9.98. The van der Waals surface area contributed by atoms with Gasteiger partial charge in [-0.3, -0.25) is 4.79 Å². The number of aromatic amines is 1. The second-order valence-corrected chi connectivity index (χ2v) is 8.15. The van der Waals surface area contributed by atoms with E-state index in [9.17, 15) is 18.0 Å². The number of anilines is 1. The third-order valence-corrected chi connectivity index (χ3v) is 5.72. The number of benzene rings is 4. The number of alkyl halides is 3. The van der Waals surface area contributed by atoms with E-state index in [0.29, 0.717) is 28.8 Å². The first kappa shape index (κ1) is 22.4. The lowest BCUT2D eigenvalue weighted by Crippen LogP contribution is -2.13. The first-order valence-corrected chi connectivity index (χ1v) is 11.0. The highest BCUT2D eigenvalue weighted by Crippen LogP contribution is 2.32. The van der Waals surface area contributed by atoms with Gasteiger partial charge in [0.25, 0.3) is 5.91 Å². The van der Waals surface area contributed by atoms with Crippen molar-refractivity contribution in [3.8, 4) is 11.1 Å². The molecule has 0 aliphatic heterocycles. The Morgan fingerprint density at radius 3 is 2.23 bits per heavy atom. The molecule has 0 fully saturated rings. The van der Waals surface area contributed by atoms with Crippen LogP contribution >= 0.6 is 0 Å². The highest BCUT2D eigenvalue weighted by atomic mass is 19.4. The van der Waals surface area contributed by atoms with E-state index in [1.165, 1.54) is 12.1 Å². The molecule has 0 radical (unpaired) electrons. The summed E-state index contributed by atoms with van der Waals surface area (Å²) in [7, 11) is 0. The molecular weight excluding hydrogens is 451 g/mol. The molecule has 7 heteroatoms. The van der Waals surface area contributed by atoms with E-state index in [4.69, 9.17) is 0 Å². The van der Waals surface area contributed by atoms with Crippen molar-refractivity contribution in [2.45, 2.75) is 12.6 Å². The van der Waals surface area contributed by atoms with Crippen molar-refractivity contribution in [2.75, 3.05) is 5.32 Å². The number of amides is 1. The van der Waals surface area contributed by atoms with Crippen LogP contribution in [-0.2, 0) is 12.6 Å². The Hall–Kier alpha value is -4.39. The molecule has 0 unspecified atom stereocenters. The number of hydrogen-bond acceptors (Lipinski definition) is 2. The summed E-state index contributed by atoms with van der Waals surface area (Å²) in [6.45, 7) is 0. The highest BCUT2D eigenvalue weighted by Gasteiger charge is 2.30. The third-order valence-electron chi connectivity index (χ3n) is 5.72. The van der Waals surface area contributed by atoms with Gasteiger partial charge in [0.1, 0.15) is 5.82 Å². The zero-order chi connectivity index (χ0) is 24.4. The van der Waals surface area contributed by atoms with Gasteiger partial charge in [-0.05, 0) is 59.2 Å². The van der Waals surface area contributed by atoms with Gasteiger partial charge in [-0.25, -0.2) is 4.98 Å². The van der Waals surface area contributed by atoms with Gasteiger partial charge in [0, 0.05) is 17.7 Å². The second-order valence-electron chi connectivity index (χ2n) is 8.15. The SMILES string of the molecule is O=C(Nc1ccc(Cc2nc3ccccc3[nH]2)cc1)c1ccccc1-c1ccc(C(F)(F)F)cc1. The number of para-hydroxylation sites is 2. The van der Waals surface area contributed by atoms with Crippen molar-refractivity contribution in [2.24, 2.45) is 0 Å². The number of H-pyrrole nitrogens is 1. The molecule has 0 bridgehead atoms. The smallest absolute Gasteiger partial charge is 0.342 e. The molecular formula is C28H20F3N3O. The maximum absolute atomic E-state index is 13.0. The summed E-state index contributed by atoms with van der Waals surface area (Å²) in [5.41, 5.74) is 4.28. The molecule has 4 aromatic carbocycles. The molecule has 1 amide bonds. The average molecular weight is 471 g/mol. The molecule has 1 heterocycles. The van der Waals surface area contributed by atoms with Gasteiger partial charge in [-0.1, -0.05) is 54.6 Å². The minimum Gasteiger partial charge on any atom is -0.342 e. The fraction of sp³-hybridized carbons (Fsp3) is 0.0714. The summed E-state index contributed by atoms with van der Waals surface area (Å²) in [6.07, 6.45) is -3.79. The van der Waals surface area contributed by atoms with Gasteiger partial charge in [0.15, 0.2) is 0 Å². The van der Waals surface area contributed by atoms with Crippen molar-refractivity contribution < 1.29 is 18.0 Å². The average Bonchev–Trinajstić information content (AvgIpc) is 3.27. The molecule has 0 saturated carbocycles. The molecule has 174 valence electrons. The number of imidazole rings is 1. The Morgan fingerprint density at radius 1 is 0.829 bits per heavy atom. The molecule has 2 N–H and O–H groups in total. The van der Waals surface area contributed by atoms with E-state index in [0.717, 1.165) is 34.6 Å². The Kier molecular flexibility index (Phi) is 5.82. The van der Waals surface area contributed by atoms with Crippen LogP contribution in [0, 0.1) is 0 Å². The van der Waals surface area contributed by atoms with E-state index in [1.54, 1.807) is 24.3 Å². The Balaban J connectivity index is 1.31. The van der Waals surface area contributed by atoms with E-state index < -0.39 is 11.7 Å². The van der Waals surface area contributed by atoms with Crippen LogP contribution in [0.3, 0.4) is 0 Å². The maximum Gasteiger partial charge on any atom is 0.416 e. The number of aromatic nitrogens is 2. The van der Waals surface area contributed by atoms with Gasteiger partial charge in [0.05, 0.1) is 16.6 Å². The number of nitrogens with one attached hydrogen (secondary N) is 2. The van der Waals surface area contributed by atoms with E-state index >= 15 is 0 Å². The summed E-state index contributed by atoms with van der Waals surface area (Å²) in [6, 6.07) is 26.9. The normalized spacial score (nSPS) is 11.5. The molecule has 0 aliphatic rings. The van der Waals surface area contributed by atoms with Crippen molar-refractivity contribution >= 4 is 22.6 Å². The number of fused-ring (bicyclic) bond motifs is 1.